The SMILES string of the molecule is COc1ccc(C2=Nc3ccc(Br)cc3[C@H](c3ccccc3)N2CCCO)cc1. The number of rotatable bonds is 6. The quantitative estimate of drug-likeness (QED) is 0.552. The summed E-state index contributed by atoms with van der Waals surface area (Å²) in [4.78, 5) is 7.32. The van der Waals surface area contributed by atoms with Crippen LogP contribution >= 0.6 is 15.9 Å². The van der Waals surface area contributed by atoms with Gasteiger partial charge in [-0.25, -0.2) is 4.99 Å². The Hall–Kier alpha value is -2.63. The van der Waals surface area contributed by atoms with Gasteiger partial charge in [-0.1, -0.05) is 46.3 Å². The molecule has 0 unspecified atom stereocenters. The number of halogens is 1. The topological polar surface area (TPSA) is 45.1 Å². The van der Waals surface area contributed by atoms with Gasteiger partial charge in [-0.3, -0.25) is 0 Å². The van der Waals surface area contributed by atoms with E-state index in [1.165, 1.54) is 5.56 Å². The Morgan fingerprint density at radius 1 is 1.03 bits per heavy atom. The fourth-order valence-electron chi connectivity index (χ4n) is 3.76. The Balaban J connectivity index is 1.89. The molecule has 0 saturated carbocycles. The maximum Gasteiger partial charge on any atom is 0.137 e. The number of benzene rings is 3. The number of methoxy groups -OCH3 is 1. The molecule has 3 aromatic carbocycles. The predicted molar refractivity (Wildman–Crippen MR) is 120 cm³/mol. The van der Waals surface area contributed by atoms with Crippen molar-refractivity contribution >= 4 is 27.5 Å². The zero-order valence-corrected chi connectivity index (χ0v) is 17.8. The first-order valence-corrected chi connectivity index (χ1v) is 10.5. The third-order valence-electron chi connectivity index (χ3n) is 5.11. The molecular formula is C24H23BrN2O2. The lowest BCUT2D eigenvalue weighted by atomic mass is 9.92. The molecule has 0 fully saturated rings. The van der Waals surface area contributed by atoms with Crippen LogP contribution in [0.2, 0.25) is 0 Å². The molecule has 4 rings (SSSR count). The number of hydrogen-bond donors (Lipinski definition) is 1. The summed E-state index contributed by atoms with van der Waals surface area (Å²) in [6.07, 6.45) is 0.668. The van der Waals surface area contributed by atoms with Crippen LogP contribution in [0, 0.1) is 0 Å². The van der Waals surface area contributed by atoms with E-state index in [-0.39, 0.29) is 12.6 Å². The van der Waals surface area contributed by atoms with Gasteiger partial charge in [0.25, 0.3) is 0 Å². The smallest absolute Gasteiger partial charge is 0.137 e. The number of nitrogens with zero attached hydrogens (tertiary/aromatic N) is 2. The molecule has 0 bridgehead atoms. The van der Waals surface area contributed by atoms with Crippen LogP contribution in [0.4, 0.5) is 5.69 Å². The number of aliphatic hydroxyl groups excluding tert-OH is 1. The van der Waals surface area contributed by atoms with Crippen molar-refractivity contribution in [1.29, 1.82) is 0 Å². The van der Waals surface area contributed by atoms with Crippen LogP contribution in [0.5, 0.6) is 5.75 Å². The predicted octanol–water partition coefficient (Wildman–Crippen LogP) is 5.32. The van der Waals surface area contributed by atoms with E-state index in [4.69, 9.17) is 9.73 Å². The second-order valence-electron chi connectivity index (χ2n) is 6.95. The van der Waals surface area contributed by atoms with Gasteiger partial charge in [0, 0.05) is 28.8 Å². The molecule has 4 nitrogen and oxygen atoms in total. The van der Waals surface area contributed by atoms with Gasteiger partial charge in [-0.05, 0) is 54.4 Å². The number of aliphatic hydroxyl groups is 1. The fraction of sp³-hybridized carbons (Fsp3) is 0.208. The second-order valence-corrected chi connectivity index (χ2v) is 7.87. The van der Waals surface area contributed by atoms with E-state index >= 15 is 0 Å². The van der Waals surface area contributed by atoms with E-state index < -0.39 is 0 Å². The number of aliphatic imine (C=N–C) groups is 1. The number of amidine groups is 1. The van der Waals surface area contributed by atoms with Crippen LogP contribution in [0.15, 0.2) is 82.3 Å². The first-order valence-electron chi connectivity index (χ1n) is 9.66. The molecule has 1 atom stereocenters. The van der Waals surface area contributed by atoms with Crippen molar-refractivity contribution < 1.29 is 9.84 Å². The van der Waals surface area contributed by atoms with Crippen molar-refractivity contribution in [3.05, 3.63) is 94.0 Å². The van der Waals surface area contributed by atoms with Crippen LogP contribution in [0.25, 0.3) is 0 Å². The van der Waals surface area contributed by atoms with E-state index in [1.54, 1.807) is 7.11 Å². The average molecular weight is 451 g/mol. The van der Waals surface area contributed by atoms with E-state index in [0.29, 0.717) is 13.0 Å². The summed E-state index contributed by atoms with van der Waals surface area (Å²) in [6.45, 7) is 0.839. The molecule has 1 heterocycles. The molecule has 0 aliphatic carbocycles. The average Bonchev–Trinajstić information content (AvgIpc) is 2.77. The highest BCUT2D eigenvalue weighted by Gasteiger charge is 2.31. The molecule has 29 heavy (non-hydrogen) atoms. The first-order chi connectivity index (χ1) is 14.2. The summed E-state index contributed by atoms with van der Waals surface area (Å²) in [7, 11) is 1.67. The summed E-state index contributed by atoms with van der Waals surface area (Å²) >= 11 is 3.62. The Morgan fingerprint density at radius 3 is 2.48 bits per heavy atom. The summed E-state index contributed by atoms with van der Waals surface area (Å²) in [5.74, 6) is 1.72. The normalized spacial score (nSPS) is 15.6. The largest absolute Gasteiger partial charge is 0.497 e. The lowest BCUT2D eigenvalue weighted by Crippen LogP contribution is -2.39. The number of fused-ring (bicyclic) bond motifs is 1. The van der Waals surface area contributed by atoms with Crippen LogP contribution in [0.1, 0.15) is 29.2 Å². The van der Waals surface area contributed by atoms with Gasteiger partial charge in [-0.2, -0.15) is 0 Å². The molecule has 0 aromatic heterocycles. The number of hydrogen-bond acceptors (Lipinski definition) is 4. The van der Waals surface area contributed by atoms with Crippen molar-refractivity contribution in [3.8, 4) is 5.75 Å². The second kappa shape index (κ2) is 8.80. The molecule has 0 saturated heterocycles. The zero-order chi connectivity index (χ0) is 20.2. The highest BCUT2D eigenvalue weighted by molar-refractivity contribution is 9.10. The minimum absolute atomic E-state index is 0.0184. The van der Waals surface area contributed by atoms with E-state index in [0.717, 1.165) is 32.9 Å². The molecule has 148 valence electrons. The van der Waals surface area contributed by atoms with E-state index in [2.05, 4.69) is 57.2 Å². The fourth-order valence-corrected chi connectivity index (χ4v) is 4.13. The molecular weight excluding hydrogens is 428 g/mol. The van der Waals surface area contributed by atoms with E-state index in [1.807, 2.05) is 36.4 Å². The van der Waals surface area contributed by atoms with Gasteiger partial charge in [0.05, 0.1) is 18.8 Å². The van der Waals surface area contributed by atoms with Gasteiger partial charge in [-0.15, -0.1) is 0 Å². The molecule has 5 heteroatoms. The Bertz CT molecular complexity index is 1000. The van der Waals surface area contributed by atoms with Crippen LogP contribution in [-0.4, -0.2) is 36.1 Å². The number of ether oxygens (including phenoxy) is 1. The molecule has 0 radical (unpaired) electrons. The highest BCUT2D eigenvalue weighted by atomic mass is 79.9. The minimum atomic E-state index is 0.0184. The maximum absolute atomic E-state index is 9.53. The van der Waals surface area contributed by atoms with Crippen molar-refractivity contribution in [2.75, 3.05) is 20.3 Å². The van der Waals surface area contributed by atoms with Gasteiger partial charge in [0.15, 0.2) is 0 Å². The Labute approximate surface area is 179 Å². The molecule has 0 spiro atoms. The highest BCUT2D eigenvalue weighted by Crippen LogP contribution is 2.41. The molecule has 1 aliphatic rings. The first kappa shape index (κ1) is 19.7. The van der Waals surface area contributed by atoms with Crippen LogP contribution < -0.4 is 4.74 Å². The summed E-state index contributed by atoms with van der Waals surface area (Å²) in [5.41, 5.74) is 4.35. The third kappa shape index (κ3) is 4.07. The van der Waals surface area contributed by atoms with Crippen molar-refractivity contribution in [3.63, 3.8) is 0 Å². The van der Waals surface area contributed by atoms with Crippen LogP contribution in [0.3, 0.4) is 0 Å². The van der Waals surface area contributed by atoms with E-state index in [9.17, 15) is 5.11 Å². The molecule has 0 amide bonds. The van der Waals surface area contributed by atoms with Gasteiger partial charge in [0.1, 0.15) is 11.6 Å². The van der Waals surface area contributed by atoms with Crippen molar-refractivity contribution in [1.82, 2.24) is 4.90 Å². The Morgan fingerprint density at radius 2 is 1.79 bits per heavy atom. The summed E-state index contributed by atoms with van der Waals surface area (Å²) in [6, 6.07) is 24.7. The van der Waals surface area contributed by atoms with Gasteiger partial charge < -0.3 is 14.7 Å². The minimum Gasteiger partial charge on any atom is -0.497 e. The molecule has 1 N–H and O–H groups in total. The molecule has 1 aliphatic heterocycles. The summed E-state index contributed by atoms with van der Waals surface area (Å²) < 4.78 is 6.35. The lowest BCUT2D eigenvalue weighted by molar-refractivity contribution is 0.254. The zero-order valence-electron chi connectivity index (χ0n) is 16.3. The lowest BCUT2D eigenvalue weighted by Gasteiger charge is -2.39. The van der Waals surface area contributed by atoms with Gasteiger partial charge >= 0.3 is 0 Å². The Kier molecular flexibility index (Phi) is 5.97. The van der Waals surface area contributed by atoms with Gasteiger partial charge in [0.2, 0.25) is 0 Å². The third-order valence-corrected chi connectivity index (χ3v) is 5.61. The maximum atomic E-state index is 9.53. The van der Waals surface area contributed by atoms with Crippen molar-refractivity contribution in [2.45, 2.75) is 12.5 Å². The monoisotopic (exact) mass is 450 g/mol. The summed E-state index contributed by atoms with van der Waals surface area (Å²) in [5, 5.41) is 9.53. The standard InChI is InChI=1S/C24H23BrN2O2/c1-29-20-11-8-18(9-12-20)24-26-22-13-10-19(25)16-21(22)23(27(24)14-5-15-28)17-6-3-2-4-7-17/h2-4,6-13,16,23,28H,5,14-15H2,1H3/t23-/m0/s1. The van der Waals surface area contributed by atoms with Crippen molar-refractivity contribution in [2.24, 2.45) is 4.99 Å². The molecule has 3 aromatic rings. The van der Waals surface area contributed by atoms with Crippen LogP contribution in [-0.2, 0) is 0 Å².